The van der Waals surface area contributed by atoms with Crippen LogP contribution in [0.15, 0.2) is 59.3 Å². The number of carbonyl (C=O) groups excluding carboxylic acids is 1. The average molecular weight is 402 g/mol. The Hall–Kier alpha value is -3.03. The summed E-state index contributed by atoms with van der Waals surface area (Å²) in [5, 5.41) is 15.7. The van der Waals surface area contributed by atoms with Crippen LogP contribution in [0.3, 0.4) is 0 Å². The van der Waals surface area contributed by atoms with E-state index in [1.807, 2.05) is 24.3 Å². The van der Waals surface area contributed by atoms with Crippen molar-refractivity contribution >= 4 is 23.3 Å². The third-order valence-electron chi connectivity index (χ3n) is 4.15. The molecule has 1 unspecified atom stereocenters. The van der Waals surface area contributed by atoms with Crippen LogP contribution in [0.5, 0.6) is 5.75 Å². The number of nitrogens with one attached hydrogen (secondary N) is 2. The molecule has 2 amide bonds. The fourth-order valence-corrected chi connectivity index (χ4v) is 2.87. The normalized spacial score (nSPS) is 11.7. The number of hydrogen-bond acceptors (Lipinski definition) is 5. The minimum absolute atomic E-state index is 0.286. The molecule has 146 valence electrons. The first kappa shape index (κ1) is 19.7. The molecule has 0 bridgehead atoms. The zero-order valence-corrected chi connectivity index (χ0v) is 15.9. The largest absolute Gasteiger partial charge is 0.497 e. The van der Waals surface area contributed by atoms with Crippen molar-refractivity contribution in [1.82, 2.24) is 10.3 Å². The first-order valence-corrected chi connectivity index (χ1v) is 8.96. The third-order valence-corrected chi connectivity index (χ3v) is 4.40. The Bertz CT molecular complexity index is 910. The fourth-order valence-electron chi connectivity index (χ4n) is 2.75. The van der Waals surface area contributed by atoms with Gasteiger partial charge in [-0.25, -0.2) is 9.78 Å². The van der Waals surface area contributed by atoms with Gasteiger partial charge in [-0.3, -0.25) is 0 Å². The third kappa shape index (κ3) is 5.03. The van der Waals surface area contributed by atoms with Crippen molar-refractivity contribution in [2.75, 3.05) is 12.4 Å². The summed E-state index contributed by atoms with van der Waals surface area (Å²) >= 11 is 5.87. The Morgan fingerprint density at radius 2 is 1.93 bits per heavy atom. The average Bonchev–Trinajstić information content (AvgIpc) is 3.18. The van der Waals surface area contributed by atoms with Crippen molar-refractivity contribution in [2.24, 2.45) is 0 Å². The van der Waals surface area contributed by atoms with E-state index in [1.165, 1.54) is 6.39 Å². The van der Waals surface area contributed by atoms with Gasteiger partial charge in [0.2, 0.25) is 0 Å². The molecule has 0 saturated carbocycles. The van der Waals surface area contributed by atoms with Gasteiger partial charge in [0.05, 0.1) is 19.8 Å². The highest BCUT2D eigenvalue weighted by Gasteiger charge is 2.22. The van der Waals surface area contributed by atoms with Crippen molar-refractivity contribution in [3.8, 4) is 5.75 Å². The van der Waals surface area contributed by atoms with Gasteiger partial charge in [0, 0.05) is 17.1 Å². The lowest BCUT2D eigenvalue weighted by Gasteiger charge is -2.18. The smallest absolute Gasteiger partial charge is 0.319 e. The number of amides is 2. The molecule has 0 saturated heterocycles. The number of aliphatic hydroxyl groups excluding tert-OH is 1. The van der Waals surface area contributed by atoms with E-state index in [2.05, 4.69) is 15.6 Å². The van der Waals surface area contributed by atoms with Gasteiger partial charge in [-0.15, -0.1) is 0 Å². The Kier molecular flexibility index (Phi) is 6.52. The molecular weight excluding hydrogens is 382 g/mol. The number of urea groups is 1. The van der Waals surface area contributed by atoms with Crippen LogP contribution in [0.1, 0.15) is 23.1 Å². The Labute approximate surface area is 167 Å². The van der Waals surface area contributed by atoms with E-state index in [9.17, 15) is 9.90 Å². The summed E-state index contributed by atoms with van der Waals surface area (Å²) in [4.78, 5) is 16.5. The maximum absolute atomic E-state index is 12.5. The number of aliphatic hydroxyl groups is 1. The van der Waals surface area contributed by atoms with Gasteiger partial charge in [-0.2, -0.15) is 0 Å². The molecule has 28 heavy (non-hydrogen) atoms. The standard InChI is InChI=1S/C20H20ClN3O4/c1-27-16-8-2-13(3-9-16)10-17(19-18(11-25)22-12-28-19)24-20(26)23-15-6-4-14(21)5-7-15/h2-9,12,17,25H,10-11H2,1H3,(H2,23,24,26). The van der Waals surface area contributed by atoms with Crippen LogP contribution in [0.4, 0.5) is 10.5 Å². The van der Waals surface area contributed by atoms with Gasteiger partial charge in [-0.05, 0) is 42.0 Å². The zero-order valence-electron chi connectivity index (χ0n) is 15.2. The minimum Gasteiger partial charge on any atom is -0.497 e. The van der Waals surface area contributed by atoms with Crippen molar-refractivity contribution in [2.45, 2.75) is 19.1 Å². The summed E-state index contributed by atoms with van der Waals surface area (Å²) in [6, 6.07) is 13.3. The summed E-state index contributed by atoms with van der Waals surface area (Å²) in [7, 11) is 1.60. The minimum atomic E-state index is -0.523. The van der Waals surface area contributed by atoms with Gasteiger partial charge < -0.3 is 24.9 Å². The number of rotatable bonds is 7. The van der Waals surface area contributed by atoms with Gasteiger partial charge in [-0.1, -0.05) is 23.7 Å². The number of anilines is 1. The van der Waals surface area contributed by atoms with E-state index in [-0.39, 0.29) is 6.61 Å². The number of oxazole rings is 1. The number of methoxy groups -OCH3 is 1. The van der Waals surface area contributed by atoms with E-state index in [0.29, 0.717) is 28.6 Å². The second-order valence-corrected chi connectivity index (χ2v) is 6.47. The zero-order chi connectivity index (χ0) is 19.9. The molecule has 1 atom stereocenters. The predicted octanol–water partition coefficient (Wildman–Crippen LogP) is 3.93. The number of nitrogens with zero attached hydrogens (tertiary/aromatic N) is 1. The van der Waals surface area contributed by atoms with Crippen LogP contribution >= 0.6 is 11.6 Å². The van der Waals surface area contributed by atoms with Gasteiger partial charge in [0.1, 0.15) is 11.4 Å². The first-order chi connectivity index (χ1) is 13.6. The van der Waals surface area contributed by atoms with Crippen molar-refractivity contribution in [1.29, 1.82) is 0 Å². The molecule has 1 heterocycles. The van der Waals surface area contributed by atoms with E-state index < -0.39 is 12.1 Å². The van der Waals surface area contributed by atoms with Gasteiger partial charge >= 0.3 is 6.03 Å². The number of aromatic nitrogens is 1. The molecule has 1 aromatic heterocycles. The molecule has 0 aliphatic rings. The molecule has 3 N–H and O–H groups in total. The number of hydrogen-bond donors (Lipinski definition) is 3. The highest BCUT2D eigenvalue weighted by molar-refractivity contribution is 6.30. The highest BCUT2D eigenvalue weighted by atomic mass is 35.5. The molecule has 0 spiro atoms. The molecule has 0 radical (unpaired) electrons. The van der Waals surface area contributed by atoms with E-state index >= 15 is 0 Å². The number of halogens is 1. The van der Waals surface area contributed by atoms with E-state index in [4.69, 9.17) is 20.8 Å². The molecule has 3 rings (SSSR count). The molecule has 7 nitrogen and oxygen atoms in total. The lowest BCUT2D eigenvalue weighted by Crippen LogP contribution is -2.34. The van der Waals surface area contributed by atoms with Crippen molar-refractivity contribution in [3.05, 3.63) is 77.0 Å². The van der Waals surface area contributed by atoms with Crippen LogP contribution in [-0.2, 0) is 13.0 Å². The van der Waals surface area contributed by atoms with Gasteiger partial charge in [0.15, 0.2) is 12.2 Å². The highest BCUT2D eigenvalue weighted by Crippen LogP contribution is 2.23. The van der Waals surface area contributed by atoms with E-state index in [0.717, 1.165) is 11.3 Å². The van der Waals surface area contributed by atoms with Crippen LogP contribution < -0.4 is 15.4 Å². The summed E-state index contributed by atoms with van der Waals surface area (Å²) in [6.07, 6.45) is 1.70. The fraction of sp³-hybridized carbons (Fsp3) is 0.200. The van der Waals surface area contributed by atoms with Crippen molar-refractivity contribution < 1.29 is 19.1 Å². The molecule has 0 aliphatic heterocycles. The first-order valence-electron chi connectivity index (χ1n) is 8.58. The number of carbonyl (C=O) groups is 1. The summed E-state index contributed by atoms with van der Waals surface area (Å²) in [5.74, 6) is 1.15. The SMILES string of the molecule is COc1ccc(CC(NC(=O)Nc2ccc(Cl)cc2)c2ocnc2CO)cc1. The Balaban J connectivity index is 1.77. The summed E-state index contributed by atoms with van der Waals surface area (Å²) in [5.41, 5.74) is 1.94. The number of ether oxygens (including phenoxy) is 1. The van der Waals surface area contributed by atoms with Crippen LogP contribution in [0.25, 0.3) is 0 Å². The van der Waals surface area contributed by atoms with Crippen LogP contribution in [0.2, 0.25) is 5.02 Å². The molecule has 2 aromatic carbocycles. The predicted molar refractivity (Wildman–Crippen MR) is 105 cm³/mol. The summed E-state index contributed by atoms with van der Waals surface area (Å²) in [6.45, 7) is -0.286. The summed E-state index contributed by atoms with van der Waals surface area (Å²) < 4.78 is 10.6. The Morgan fingerprint density at radius 3 is 2.57 bits per heavy atom. The second-order valence-electron chi connectivity index (χ2n) is 6.03. The number of benzene rings is 2. The topological polar surface area (TPSA) is 96.6 Å². The van der Waals surface area contributed by atoms with E-state index in [1.54, 1.807) is 31.4 Å². The molecule has 0 fully saturated rings. The quantitative estimate of drug-likeness (QED) is 0.557. The lowest BCUT2D eigenvalue weighted by atomic mass is 10.0. The van der Waals surface area contributed by atoms with Crippen LogP contribution in [0, 0.1) is 0 Å². The van der Waals surface area contributed by atoms with Crippen molar-refractivity contribution in [3.63, 3.8) is 0 Å². The molecule has 3 aromatic rings. The maximum atomic E-state index is 12.5. The monoisotopic (exact) mass is 401 g/mol. The molecule has 8 heteroatoms. The molecule has 0 aliphatic carbocycles. The Morgan fingerprint density at radius 1 is 1.21 bits per heavy atom. The van der Waals surface area contributed by atoms with Gasteiger partial charge in [0.25, 0.3) is 0 Å². The lowest BCUT2D eigenvalue weighted by molar-refractivity contribution is 0.244. The molecular formula is C20H20ClN3O4. The maximum Gasteiger partial charge on any atom is 0.319 e. The van der Waals surface area contributed by atoms with Crippen LogP contribution in [-0.4, -0.2) is 23.2 Å². The second kappa shape index (κ2) is 9.25.